The molecular weight excluding hydrogens is 450 g/mol. The normalized spacial score (nSPS) is 24.3. The number of piperidine rings is 2. The molecule has 0 N–H and O–H groups in total. The molecule has 2 saturated heterocycles. The van der Waals surface area contributed by atoms with E-state index in [1.165, 1.54) is 0 Å². The van der Waals surface area contributed by atoms with Crippen molar-refractivity contribution in [2.75, 3.05) is 0 Å². The standard InChI is InChI=1S/C28H54B2N2O4/c1-25(2)17-21(18-26(3,4)31(25)29)35-23(33)15-13-11-9-10-12-14-16-24(34)36-22-19-27(5,6)32(30)28(7,8)20-22/h21-22H,9-20,29-30H2,1-8H3. The van der Waals surface area contributed by atoms with Gasteiger partial charge in [-0.05, 0) is 68.2 Å². The summed E-state index contributed by atoms with van der Waals surface area (Å²) in [7, 11) is 4.33. The second-order valence-electron chi connectivity index (χ2n) is 14.0. The number of esters is 2. The monoisotopic (exact) mass is 504 g/mol. The van der Waals surface area contributed by atoms with E-state index in [0.717, 1.165) is 64.2 Å². The molecule has 0 aromatic rings. The molecular formula is C28H54B2N2O4. The van der Waals surface area contributed by atoms with Crippen molar-refractivity contribution in [3.63, 3.8) is 0 Å². The number of hydrogen-bond donors (Lipinski definition) is 0. The summed E-state index contributed by atoms with van der Waals surface area (Å²) in [6.45, 7) is 17.8. The number of unbranched alkanes of at least 4 members (excludes halogenated alkanes) is 5. The number of ether oxygens (including phenoxy) is 2. The van der Waals surface area contributed by atoms with Gasteiger partial charge in [-0.25, -0.2) is 0 Å². The Morgan fingerprint density at radius 2 is 0.833 bits per heavy atom. The molecule has 206 valence electrons. The van der Waals surface area contributed by atoms with Gasteiger partial charge in [0.1, 0.15) is 12.2 Å². The summed E-state index contributed by atoms with van der Waals surface area (Å²) in [5.41, 5.74) is 0.109. The lowest BCUT2D eigenvalue weighted by molar-refractivity contribution is -0.157. The predicted molar refractivity (Wildman–Crippen MR) is 152 cm³/mol. The largest absolute Gasteiger partial charge is 0.462 e. The first-order valence-corrected chi connectivity index (χ1v) is 14.3. The van der Waals surface area contributed by atoms with E-state index in [2.05, 4.69) is 81.0 Å². The Hall–Kier alpha value is -1.01. The van der Waals surface area contributed by atoms with Gasteiger partial charge in [-0.1, -0.05) is 25.7 Å². The van der Waals surface area contributed by atoms with Gasteiger partial charge in [0.05, 0.1) is 0 Å². The van der Waals surface area contributed by atoms with Gasteiger partial charge >= 0.3 is 11.9 Å². The van der Waals surface area contributed by atoms with Gasteiger partial charge in [-0.2, -0.15) is 0 Å². The third-order valence-electron chi connectivity index (χ3n) is 9.15. The maximum atomic E-state index is 12.4. The average molecular weight is 504 g/mol. The van der Waals surface area contributed by atoms with Crippen molar-refractivity contribution in [1.82, 2.24) is 9.62 Å². The summed E-state index contributed by atoms with van der Waals surface area (Å²) < 4.78 is 11.7. The third kappa shape index (κ3) is 8.79. The molecule has 0 amide bonds. The van der Waals surface area contributed by atoms with Gasteiger partial charge in [0.2, 0.25) is 0 Å². The summed E-state index contributed by atoms with van der Waals surface area (Å²) in [6.07, 6.45) is 10.5. The van der Waals surface area contributed by atoms with Crippen molar-refractivity contribution in [2.45, 2.75) is 167 Å². The van der Waals surface area contributed by atoms with E-state index in [-0.39, 0.29) is 46.3 Å². The molecule has 8 heteroatoms. The molecule has 0 saturated carbocycles. The molecule has 2 rings (SSSR count). The summed E-state index contributed by atoms with van der Waals surface area (Å²) in [5, 5.41) is 0. The molecule has 0 atom stereocenters. The van der Waals surface area contributed by atoms with Gasteiger partial charge in [0.15, 0.2) is 16.0 Å². The maximum absolute atomic E-state index is 12.4. The summed E-state index contributed by atoms with van der Waals surface area (Å²) in [5.74, 6) is -0.113. The minimum Gasteiger partial charge on any atom is -0.462 e. The number of hydrogen-bond acceptors (Lipinski definition) is 6. The van der Waals surface area contributed by atoms with Crippen LogP contribution < -0.4 is 0 Å². The number of rotatable bonds is 11. The van der Waals surface area contributed by atoms with E-state index in [1.54, 1.807) is 0 Å². The van der Waals surface area contributed by atoms with Crippen LogP contribution in [0.5, 0.6) is 0 Å². The van der Waals surface area contributed by atoms with Crippen molar-refractivity contribution in [1.29, 1.82) is 0 Å². The zero-order valence-corrected chi connectivity index (χ0v) is 25.2. The highest BCUT2D eigenvalue weighted by atomic mass is 16.5. The number of nitrogens with zero attached hydrogens (tertiary/aromatic N) is 2. The lowest BCUT2D eigenvalue weighted by Crippen LogP contribution is -2.61. The SMILES string of the molecule is BN1C(C)(C)CC(OC(=O)CCCCCCCCC(=O)OC2CC(C)(C)N(B)C(C)(C)C2)CC1(C)C. The van der Waals surface area contributed by atoms with Gasteiger partial charge < -0.3 is 19.1 Å². The summed E-state index contributed by atoms with van der Waals surface area (Å²) in [6, 6.07) is 0. The summed E-state index contributed by atoms with van der Waals surface area (Å²) in [4.78, 5) is 29.6. The topological polar surface area (TPSA) is 59.1 Å². The molecule has 0 spiro atoms. The van der Waals surface area contributed by atoms with Crippen LogP contribution in [0.4, 0.5) is 0 Å². The zero-order chi connectivity index (χ0) is 27.4. The molecule has 0 bridgehead atoms. The molecule has 2 fully saturated rings. The first-order valence-electron chi connectivity index (χ1n) is 14.3. The van der Waals surface area contributed by atoms with Gasteiger partial charge in [0, 0.05) is 60.7 Å². The van der Waals surface area contributed by atoms with Crippen LogP contribution in [0.2, 0.25) is 0 Å². The van der Waals surface area contributed by atoms with Crippen LogP contribution in [0, 0.1) is 0 Å². The zero-order valence-electron chi connectivity index (χ0n) is 25.2. The molecule has 2 heterocycles. The van der Waals surface area contributed by atoms with Crippen LogP contribution in [-0.4, -0.2) is 71.9 Å². The van der Waals surface area contributed by atoms with E-state index in [9.17, 15) is 9.59 Å². The number of carbonyl (C=O) groups excluding carboxylic acids is 2. The Kier molecular flexibility index (Phi) is 10.6. The first kappa shape index (κ1) is 31.2. The highest BCUT2D eigenvalue weighted by Gasteiger charge is 2.44. The Labute approximate surface area is 223 Å². The quantitative estimate of drug-likeness (QED) is 0.237. The van der Waals surface area contributed by atoms with Crippen molar-refractivity contribution in [2.24, 2.45) is 0 Å². The van der Waals surface area contributed by atoms with Crippen LogP contribution in [-0.2, 0) is 19.1 Å². The van der Waals surface area contributed by atoms with Gasteiger partial charge in [-0.15, -0.1) is 0 Å². The van der Waals surface area contributed by atoms with Crippen molar-refractivity contribution < 1.29 is 19.1 Å². The van der Waals surface area contributed by atoms with Crippen molar-refractivity contribution in [3.8, 4) is 0 Å². The molecule has 0 unspecified atom stereocenters. The molecule has 0 aromatic heterocycles. The summed E-state index contributed by atoms with van der Waals surface area (Å²) >= 11 is 0. The van der Waals surface area contributed by atoms with E-state index < -0.39 is 0 Å². The molecule has 0 aliphatic carbocycles. The second kappa shape index (κ2) is 12.2. The fourth-order valence-corrected chi connectivity index (χ4v) is 6.46. The third-order valence-corrected chi connectivity index (χ3v) is 9.15. The van der Waals surface area contributed by atoms with Gasteiger partial charge in [0.25, 0.3) is 0 Å². The lowest BCUT2D eigenvalue weighted by Gasteiger charge is -2.53. The Morgan fingerprint density at radius 1 is 0.583 bits per heavy atom. The molecule has 0 radical (unpaired) electrons. The van der Waals surface area contributed by atoms with E-state index in [0.29, 0.717) is 12.8 Å². The number of carbonyl (C=O) groups is 2. The Bertz CT molecular complexity index is 656. The smallest absolute Gasteiger partial charge is 0.306 e. The highest BCUT2D eigenvalue weighted by Crippen LogP contribution is 2.39. The highest BCUT2D eigenvalue weighted by molar-refractivity contribution is 6.05. The minimum atomic E-state index is -0.0563. The predicted octanol–water partition coefficient (Wildman–Crippen LogP) is 4.33. The van der Waals surface area contributed by atoms with Crippen LogP contribution in [0.1, 0.15) is 132 Å². The van der Waals surface area contributed by atoms with Crippen LogP contribution in [0.25, 0.3) is 0 Å². The molecule has 6 nitrogen and oxygen atoms in total. The molecule has 2 aliphatic heterocycles. The molecule has 36 heavy (non-hydrogen) atoms. The van der Waals surface area contributed by atoms with E-state index in [1.807, 2.05) is 0 Å². The van der Waals surface area contributed by atoms with E-state index >= 15 is 0 Å². The first-order chi connectivity index (χ1) is 16.5. The Morgan fingerprint density at radius 3 is 1.11 bits per heavy atom. The van der Waals surface area contributed by atoms with Crippen molar-refractivity contribution in [3.05, 3.63) is 0 Å². The fraction of sp³-hybridized carbons (Fsp3) is 0.929. The van der Waals surface area contributed by atoms with E-state index in [4.69, 9.17) is 9.47 Å². The van der Waals surface area contributed by atoms with Gasteiger partial charge in [-0.3, -0.25) is 9.59 Å². The van der Waals surface area contributed by atoms with Crippen molar-refractivity contribution >= 4 is 27.9 Å². The lowest BCUT2D eigenvalue weighted by atomic mass is 9.75. The minimum absolute atomic E-state index is 0.00474. The Balaban J connectivity index is 1.54. The molecule has 0 aromatic carbocycles. The molecule has 2 aliphatic rings. The second-order valence-corrected chi connectivity index (χ2v) is 14.0. The van der Waals surface area contributed by atoms with Crippen LogP contribution in [0.15, 0.2) is 0 Å². The maximum Gasteiger partial charge on any atom is 0.306 e. The van der Waals surface area contributed by atoms with Crippen LogP contribution >= 0.6 is 0 Å². The fourth-order valence-electron chi connectivity index (χ4n) is 6.46. The average Bonchev–Trinajstić information content (AvgIpc) is 2.71. The van der Waals surface area contributed by atoms with Crippen LogP contribution in [0.3, 0.4) is 0 Å².